The van der Waals surface area contributed by atoms with E-state index in [-0.39, 0.29) is 6.04 Å². The van der Waals surface area contributed by atoms with Crippen LogP contribution in [0.25, 0.3) is 5.57 Å². The summed E-state index contributed by atoms with van der Waals surface area (Å²) < 4.78 is 0. The average molecular weight is 237 g/mol. The van der Waals surface area contributed by atoms with E-state index in [0.29, 0.717) is 0 Å². The van der Waals surface area contributed by atoms with Gasteiger partial charge in [0, 0.05) is 6.04 Å². The molecule has 1 unspecified atom stereocenters. The number of rotatable bonds is 4. The van der Waals surface area contributed by atoms with Crippen molar-refractivity contribution < 1.29 is 0 Å². The Hall–Kier alpha value is -1.86. The Morgan fingerprint density at radius 1 is 1.06 bits per heavy atom. The third-order valence-corrected chi connectivity index (χ3v) is 3.24. The zero-order valence-electron chi connectivity index (χ0n) is 10.8. The summed E-state index contributed by atoms with van der Waals surface area (Å²) in [5.41, 5.74) is 10.9. The monoisotopic (exact) mass is 237 g/mol. The highest BCUT2D eigenvalue weighted by molar-refractivity contribution is 5.70. The van der Waals surface area contributed by atoms with Gasteiger partial charge in [-0.15, -0.1) is 0 Å². The van der Waals surface area contributed by atoms with Gasteiger partial charge in [0.1, 0.15) is 0 Å². The molecular formula is C17H19N. The average Bonchev–Trinajstić information content (AvgIpc) is 2.39. The van der Waals surface area contributed by atoms with Crippen molar-refractivity contribution in [2.24, 2.45) is 5.73 Å². The molecule has 0 aliphatic rings. The first-order valence-corrected chi connectivity index (χ1v) is 6.23. The molecule has 0 aliphatic heterocycles. The van der Waals surface area contributed by atoms with E-state index >= 15 is 0 Å². The van der Waals surface area contributed by atoms with Gasteiger partial charge in [-0.25, -0.2) is 0 Å². The molecule has 2 N–H and O–H groups in total. The summed E-state index contributed by atoms with van der Waals surface area (Å²) in [6.07, 6.45) is 0.827. The van der Waals surface area contributed by atoms with Crippen LogP contribution in [0.3, 0.4) is 0 Å². The van der Waals surface area contributed by atoms with Crippen molar-refractivity contribution in [3.8, 4) is 0 Å². The van der Waals surface area contributed by atoms with Gasteiger partial charge in [-0.2, -0.15) is 0 Å². The van der Waals surface area contributed by atoms with E-state index in [9.17, 15) is 0 Å². The largest absolute Gasteiger partial charge is 0.324 e. The van der Waals surface area contributed by atoms with Crippen LogP contribution in [0, 0.1) is 6.92 Å². The zero-order valence-corrected chi connectivity index (χ0v) is 10.8. The smallest absolute Gasteiger partial charge is 0.0335 e. The third-order valence-electron chi connectivity index (χ3n) is 3.24. The van der Waals surface area contributed by atoms with Crippen molar-refractivity contribution in [3.05, 3.63) is 77.9 Å². The molecule has 1 nitrogen and oxygen atoms in total. The Labute approximate surface area is 109 Å². The maximum atomic E-state index is 6.25. The molecule has 2 aromatic rings. The SMILES string of the molecule is C=C(c1ccccc1C)C(N)Cc1ccccc1. The Balaban J connectivity index is 2.13. The van der Waals surface area contributed by atoms with Gasteiger partial charge in [0.25, 0.3) is 0 Å². The maximum Gasteiger partial charge on any atom is 0.0335 e. The van der Waals surface area contributed by atoms with E-state index in [2.05, 4.69) is 37.8 Å². The number of benzene rings is 2. The van der Waals surface area contributed by atoms with E-state index in [1.807, 2.05) is 30.3 Å². The van der Waals surface area contributed by atoms with E-state index in [1.54, 1.807) is 0 Å². The Morgan fingerprint density at radius 2 is 1.67 bits per heavy atom. The van der Waals surface area contributed by atoms with Crippen LogP contribution in [0.1, 0.15) is 16.7 Å². The standard InChI is InChI=1S/C17H19N/c1-13-8-6-7-11-16(13)14(2)17(18)12-15-9-4-3-5-10-15/h3-11,17H,2,12,18H2,1H3. The molecule has 0 aromatic heterocycles. The molecule has 0 spiro atoms. The lowest BCUT2D eigenvalue weighted by atomic mass is 9.93. The number of hydrogen-bond acceptors (Lipinski definition) is 1. The lowest BCUT2D eigenvalue weighted by molar-refractivity contribution is 0.828. The normalized spacial score (nSPS) is 12.1. The Bertz CT molecular complexity index is 528. The fourth-order valence-corrected chi connectivity index (χ4v) is 2.12. The van der Waals surface area contributed by atoms with Crippen LogP contribution < -0.4 is 5.73 Å². The minimum Gasteiger partial charge on any atom is -0.324 e. The van der Waals surface area contributed by atoms with Gasteiger partial charge in [-0.05, 0) is 35.6 Å². The zero-order chi connectivity index (χ0) is 13.0. The Kier molecular flexibility index (Phi) is 3.96. The van der Waals surface area contributed by atoms with E-state index in [0.717, 1.165) is 12.0 Å². The molecule has 1 heteroatoms. The highest BCUT2D eigenvalue weighted by atomic mass is 14.6. The minimum atomic E-state index is -0.0338. The highest BCUT2D eigenvalue weighted by Crippen LogP contribution is 2.21. The minimum absolute atomic E-state index is 0.0338. The summed E-state index contributed by atoms with van der Waals surface area (Å²) in [5.74, 6) is 0. The predicted octanol–water partition coefficient (Wildman–Crippen LogP) is 3.58. The summed E-state index contributed by atoms with van der Waals surface area (Å²) in [4.78, 5) is 0. The molecule has 0 saturated carbocycles. The molecule has 18 heavy (non-hydrogen) atoms. The Morgan fingerprint density at radius 3 is 2.33 bits per heavy atom. The van der Waals surface area contributed by atoms with Crippen molar-refractivity contribution in [3.63, 3.8) is 0 Å². The van der Waals surface area contributed by atoms with Crippen LogP contribution in [-0.4, -0.2) is 6.04 Å². The molecule has 0 aliphatic carbocycles. The maximum absolute atomic E-state index is 6.25. The van der Waals surface area contributed by atoms with Gasteiger partial charge in [-0.3, -0.25) is 0 Å². The summed E-state index contributed by atoms with van der Waals surface area (Å²) in [6.45, 7) is 6.25. The second-order valence-electron chi connectivity index (χ2n) is 4.64. The van der Waals surface area contributed by atoms with Gasteiger partial charge >= 0.3 is 0 Å². The lowest BCUT2D eigenvalue weighted by Crippen LogP contribution is -2.24. The lowest BCUT2D eigenvalue weighted by Gasteiger charge is -2.17. The quantitative estimate of drug-likeness (QED) is 0.864. The van der Waals surface area contributed by atoms with Crippen LogP contribution in [0.2, 0.25) is 0 Å². The fourth-order valence-electron chi connectivity index (χ4n) is 2.12. The van der Waals surface area contributed by atoms with E-state index in [1.165, 1.54) is 16.7 Å². The van der Waals surface area contributed by atoms with Gasteiger partial charge < -0.3 is 5.73 Å². The predicted molar refractivity (Wildman–Crippen MR) is 78.3 cm³/mol. The van der Waals surface area contributed by atoms with Crippen LogP contribution in [0.4, 0.5) is 0 Å². The second-order valence-corrected chi connectivity index (χ2v) is 4.64. The summed E-state index contributed by atoms with van der Waals surface area (Å²) in [6, 6.07) is 18.5. The van der Waals surface area contributed by atoms with Crippen LogP contribution >= 0.6 is 0 Å². The van der Waals surface area contributed by atoms with Crippen molar-refractivity contribution in [2.75, 3.05) is 0 Å². The molecular weight excluding hydrogens is 218 g/mol. The molecule has 0 heterocycles. The van der Waals surface area contributed by atoms with Crippen molar-refractivity contribution in [2.45, 2.75) is 19.4 Å². The van der Waals surface area contributed by atoms with E-state index < -0.39 is 0 Å². The molecule has 0 saturated heterocycles. The van der Waals surface area contributed by atoms with Crippen LogP contribution in [-0.2, 0) is 6.42 Å². The highest BCUT2D eigenvalue weighted by Gasteiger charge is 2.11. The summed E-state index contributed by atoms with van der Waals surface area (Å²) in [5, 5.41) is 0. The van der Waals surface area contributed by atoms with Crippen LogP contribution in [0.15, 0.2) is 61.2 Å². The topological polar surface area (TPSA) is 26.0 Å². The molecule has 0 fully saturated rings. The van der Waals surface area contributed by atoms with Gasteiger partial charge in [0.15, 0.2) is 0 Å². The number of nitrogens with two attached hydrogens (primary N) is 1. The van der Waals surface area contributed by atoms with Gasteiger partial charge in [-0.1, -0.05) is 61.2 Å². The molecule has 0 bridgehead atoms. The molecule has 92 valence electrons. The first kappa shape index (κ1) is 12.6. The molecule has 1 atom stereocenters. The second kappa shape index (κ2) is 5.65. The summed E-state index contributed by atoms with van der Waals surface area (Å²) in [7, 11) is 0. The molecule has 0 radical (unpaired) electrons. The van der Waals surface area contributed by atoms with Gasteiger partial charge in [0.2, 0.25) is 0 Å². The molecule has 0 amide bonds. The van der Waals surface area contributed by atoms with E-state index in [4.69, 9.17) is 5.73 Å². The number of hydrogen-bond donors (Lipinski definition) is 1. The number of aryl methyl sites for hydroxylation is 1. The van der Waals surface area contributed by atoms with Crippen molar-refractivity contribution >= 4 is 5.57 Å². The van der Waals surface area contributed by atoms with Crippen LogP contribution in [0.5, 0.6) is 0 Å². The first-order chi connectivity index (χ1) is 8.68. The fraction of sp³-hybridized carbons (Fsp3) is 0.176. The van der Waals surface area contributed by atoms with Gasteiger partial charge in [0.05, 0.1) is 0 Å². The first-order valence-electron chi connectivity index (χ1n) is 6.23. The van der Waals surface area contributed by atoms with Crippen molar-refractivity contribution in [1.29, 1.82) is 0 Å². The van der Waals surface area contributed by atoms with Crippen molar-refractivity contribution in [1.82, 2.24) is 0 Å². The summed E-state index contributed by atoms with van der Waals surface area (Å²) >= 11 is 0. The third kappa shape index (κ3) is 2.88. The molecule has 2 aromatic carbocycles. The molecule has 2 rings (SSSR count).